The van der Waals surface area contributed by atoms with Gasteiger partial charge in [-0.25, -0.2) is 0 Å². The summed E-state index contributed by atoms with van der Waals surface area (Å²) in [5, 5.41) is 0. The third-order valence-electron chi connectivity index (χ3n) is 4.18. The van der Waals surface area contributed by atoms with Crippen molar-refractivity contribution in [3.63, 3.8) is 0 Å². The van der Waals surface area contributed by atoms with Gasteiger partial charge in [0.25, 0.3) is 0 Å². The molecule has 0 aromatic heterocycles. The summed E-state index contributed by atoms with van der Waals surface area (Å²) < 4.78 is 0. The topological polar surface area (TPSA) is 17.1 Å². The van der Waals surface area contributed by atoms with Gasteiger partial charge in [-0.2, -0.15) is 0 Å². The Morgan fingerprint density at radius 3 is 2.91 bits per heavy atom. The fraction of sp³-hybridized carbons (Fsp3) is 0.900. The van der Waals surface area contributed by atoms with Gasteiger partial charge in [0, 0.05) is 12.3 Å². The molecule has 0 heterocycles. The van der Waals surface area contributed by atoms with Crippen molar-refractivity contribution in [3.05, 3.63) is 0 Å². The lowest BCUT2D eigenvalue weighted by molar-refractivity contribution is -0.123. The van der Waals surface area contributed by atoms with Crippen LogP contribution in [0.25, 0.3) is 0 Å². The molecule has 2 bridgehead atoms. The van der Waals surface area contributed by atoms with Crippen molar-refractivity contribution in [1.29, 1.82) is 0 Å². The number of carbonyl (C=O) groups excluding carboxylic acids is 1. The summed E-state index contributed by atoms with van der Waals surface area (Å²) in [5.74, 6) is 3.74. The van der Waals surface area contributed by atoms with Crippen LogP contribution in [0.3, 0.4) is 0 Å². The van der Waals surface area contributed by atoms with E-state index in [-0.39, 0.29) is 0 Å². The van der Waals surface area contributed by atoms with Gasteiger partial charge < -0.3 is 0 Å². The molecule has 3 fully saturated rings. The summed E-state index contributed by atoms with van der Waals surface area (Å²) in [6, 6.07) is 0. The molecule has 0 aliphatic heterocycles. The van der Waals surface area contributed by atoms with Crippen molar-refractivity contribution in [2.45, 2.75) is 32.1 Å². The molecule has 3 aliphatic carbocycles. The van der Waals surface area contributed by atoms with Gasteiger partial charge in [-0.15, -0.1) is 0 Å². The Balaban J connectivity index is 1.95. The first-order valence-corrected chi connectivity index (χ1v) is 4.89. The molecule has 4 atom stereocenters. The van der Waals surface area contributed by atoms with Gasteiger partial charge >= 0.3 is 0 Å². The second-order valence-corrected chi connectivity index (χ2v) is 4.53. The van der Waals surface area contributed by atoms with Gasteiger partial charge in [0.05, 0.1) is 0 Å². The average Bonchev–Trinajstić information content (AvgIpc) is 2.52. The van der Waals surface area contributed by atoms with Crippen LogP contribution < -0.4 is 0 Å². The van der Waals surface area contributed by atoms with E-state index < -0.39 is 0 Å². The SMILES string of the molecule is O=C1C[C@@H]2C[C@H]1[C@@H]1CCC[C@@H]21. The minimum absolute atomic E-state index is 0.521. The first kappa shape index (κ1) is 6.22. The van der Waals surface area contributed by atoms with Crippen LogP contribution in [-0.4, -0.2) is 5.78 Å². The highest BCUT2D eigenvalue weighted by Crippen LogP contribution is 2.57. The molecule has 3 aliphatic rings. The molecule has 60 valence electrons. The summed E-state index contributed by atoms with van der Waals surface area (Å²) in [6.07, 6.45) is 6.38. The van der Waals surface area contributed by atoms with Crippen molar-refractivity contribution in [2.75, 3.05) is 0 Å². The smallest absolute Gasteiger partial charge is 0.136 e. The lowest BCUT2D eigenvalue weighted by Gasteiger charge is -2.22. The van der Waals surface area contributed by atoms with Crippen molar-refractivity contribution in [1.82, 2.24) is 0 Å². The van der Waals surface area contributed by atoms with Gasteiger partial charge in [0.15, 0.2) is 0 Å². The molecule has 0 radical (unpaired) electrons. The molecule has 1 heteroatoms. The number of fused-ring (bicyclic) bond motifs is 5. The maximum absolute atomic E-state index is 11.4. The molecule has 0 amide bonds. The molecule has 0 aromatic rings. The Kier molecular flexibility index (Phi) is 1.06. The third-order valence-corrected chi connectivity index (χ3v) is 4.18. The largest absolute Gasteiger partial charge is 0.299 e. The zero-order valence-corrected chi connectivity index (χ0v) is 6.75. The van der Waals surface area contributed by atoms with Gasteiger partial charge in [0.2, 0.25) is 0 Å². The van der Waals surface area contributed by atoms with E-state index in [2.05, 4.69) is 0 Å². The number of hydrogen-bond acceptors (Lipinski definition) is 1. The molecule has 1 nitrogen and oxygen atoms in total. The lowest BCUT2D eigenvalue weighted by Crippen LogP contribution is -2.23. The van der Waals surface area contributed by atoms with E-state index in [0.29, 0.717) is 11.7 Å². The number of hydrogen-bond donors (Lipinski definition) is 0. The van der Waals surface area contributed by atoms with Crippen molar-refractivity contribution in [3.8, 4) is 0 Å². The van der Waals surface area contributed by atoms with Gasteiger partial charge in [-0.05, 0) is 37.0 Å². The fourth-order valence-corrected chi connectivity index (χ4v) is 3.79. The van der Waals surface area contributed by atoms with Crippen molar-refractivity contribution >= 4 is 5.78 Å². The predicted octanol–water partition coefficient (Wildman–Crippen LogP) is 2.01. The molecule has 0 saturated heterocycles. The lowest BCUT2D eigenvalue weighted by atomic mass is 9.81. The zero-order valence-electron chi connectivity index (χ0n) is 6.75. The van der Waals surface area contributed by atoms with E-state index in [9.17, 15) is 4.79 Å². The normalized spacial score (nSPS) is 53.6. The number of ketones is 1. The standard InChI is InChI=1S/C10H14O/c11-10-5-6-4-9(10)8-3-1-2-7(6)8/h6-9H,1-5H2/t6-,7-,8+,9-/m0/s1. The van der Waals surface area contributed by atoms with Crippen LogP contribution in [-0.2, 0) is 4.79 Å². The highest BCUT2D eigenvalue weighted by Gasteiger charge is 2.53. The summed E-state index contributed by atoms with van der Waals surface area (Å²) in [6.45, 7) is 0. The first-order chi connectivity index (χ1) is 5.36. The van der Waals surface area contributed by atoms with Gasteiger partial charge in [-0.3, -0.25) is 4.79 Å². The number of rotatable bonds is 0. The molecule has 11 heavy (non-hydrogen) atoms. The van der Waals surface area contributed by atoms with Crippen molar-refractivity contribution < 1.29 is 4.79 Å². The van der Waals surface area contributed by atoms with Gasteiger partial charge in [0.1, 0.15) is 5.78 Å². The third kappa shape index (κ3) is 0.646. The molecule has 0 unspecified atom stereocenters. The van der Waals surface area contributed by atoms with E-state index in [0.717, 1.165) is 24.2 Å². The van der Waals surface area contributed by atoms with Crippen LogP contribution in [0.5, 0.6) is 0 Å². The predicted molar refractivity (Wildman–Crippen MR) is 42.1 cm³/mol. The summed E-state index contributed by atoms with van der Waals surface area (Å²) in [5.41, 5.74) is 0. The zero-order chi connectivity index (χ0) is 7.42. The minimum atomic E-state index is 0.521. The number of carbonyl (C=O) groups is 1. The Morgan fingerprint density at radius 2 is 2.00 bits per heavy atom. The van der Waals surface area contributed by atoms with Crippen LogP contribution >= 0.6 is 0 Å². The maximum atomic E-state index is 11.4. The van der Waals surface area contributed by atoms with Crippen LogP contribution in [0.4, 0.5) is 0 Å². The Bertz CT molecular complexity index is 209. The Labute approximate surface area is 67.2 Å². The molecular formula is C10H14O. The highest BCUT2D eigenvalue weighted by atomic mass is 16.1. The van der Waals surface area contributed by atoms with E-state index in [1.165, 1.54) is 25.7 Å². The summed E-state index contributed by atoms with van der Waals surface area (Å²) >= 11 is 0. The molecular weight excluding hydrogens is 136 g/mol. The quantitative estimate of drug-likeness (QED) is 0.516. The summed E-state index contributed by atoms with van der Waals surface area (Å²) in [4.78, 5) is 11.4. The fourth-order valence-electron chi connectivity index (χ4n) is 3.79. The minimum Gasteiger partial charge on any atom is -0.299 e. The average molecular weight is 150 g/mol. The Hall–Kier alpha value is -0.330. The maximum Gasteiger partial charge on any atom is 0.136 e. The van der Waals surface area contributed by atoms with Crippen LogP contribution in [0.2, 0.25) is 0 Å². The van der Waals surface area contributed by atoms with Crippen LogP contribution in [0.15, 0.2) is 0 Å². The molecule has 3 saturated carbocycles. The summed E-state index contributed by atoms with van der Waals surface area (Å²) in [7, 11) is 0. The highest BCUT2D eigenvalue weighted by molar-refractivity contribution is 5.85. The molecule has 0 N–H and O–H groups in total. The van der Waals surface area contributed by atoms with E-state index in [4.69, 9.17) is 0 Å². The van der Waals surface area contributed by atoms with Gasteiger partial charge in [-0.1, -0.05) is 6.42 Å². The van der Waals surface area contributed by atoms with Crippen LogP contribution in [0, 0.1) is 23.7 Å². The van der Waals surface area contributed by atoms with E-state index in [1.807, 2.05) is 0 Å². The van der Waals surface area contributed by atoms with E-state index in [1.54, 1.807) is 0 Å². The van der Waals surface area contributed by atoms with Crippen molar-refractivity contribution in [2.24, 2.45) is 23.7 Å². The first-order valence-electron chi connectivity index (χ1n) is 4.89. The number of Topliss-reactive ketones (excluding diaryl/α,β-unsaturated/α-hetero) is 1. The molecule has 0 aromatic carbocycles. The second-order valence-electron chi connectivity index (χ2n) is 4.53. The Morgan fingerprint density at radius 1 is 1.18 bits per heavy atom. The molecule has 0 spiro atoms. The van der Waals surface area contributed by atoms with Crippen LogP contribution in [0.1, 0.15) is 32.1 Å². The second kappa shape index (κ2) is 1.88. The molecule has 3 rings (SSSR count). The van der Waals surface area contributed by atoms with E-state index >= 15 is 0 Å². The monoisotopic (exact) mass is 150 g/mol.